The molecule has 4 saturated carbocycles. The lowest BCUT2D eigenvalue weighted by atomic mass is 9.47. The molecule has 1 aromatic carbocycles. The molecule has 0 N–H and O–H groups in total. The van der Waals surface area contributed by atoms with Crippen LogP contribution in [0.5, 0.6) is 0 Å². The van der Waals surface area contributed by atoms with Crippen molar-refractivity contribution < 1.29 is 0 Å². The summed E-state index contributed by atoms with van der Waals surface area (Å²) >= 11 is 0. The van der Waals surface area contributed by atoms with Gasteiger partial charge in [0.05, 0.1) is 0 Å². The number of nitrogens with zero attached hydrogens (tertiary/aromatic N) is 1. The Labute approximate surface area is 152 Å². The van der Waals surface area contributed by atoms with E-state index in [9.17, 15) is 0 Å². The summed E-state index contributed by atoms with van der Waals surface area (Å²) in [4.78, 5) is 2.82. The van der Waals surface area contributed by atoms with Gasteiger partial charge in [0, 0.05) is 18.6 Å². The third-order valence-corrected chi connectivity index (χ3v) is 8.47. The van der Waals surface area contributed by atoms with Crippen molar-refractivity contribution in [2.45, 2.75) is 76.4 Å². The van der Waals surface area contributed by atoms with Gasteiger partial charge in [-0.05, 0) is 86.5 Å². The molecule has 2 unspecified atom stereocenters. The fourth-order valence-corrected chi connectivity index (χ4v) is 7.86. The van der Waals surface area contributed by atoms with Gasteiger partial charge in [-0.2, -0.15) is 0 Å². The Bertz CT molecular complexity index is 652. The van der Waals surface area contributed by atoms with E-state index in [1.807, 2.05) is 5.57 Å². The average Bonchev–Trinajstić information content (AvgIpc) is 2.83. The summed E-state index contributed by atoms with van der Waals surface area (Å²) in [6.07, 6.45) is 16.3. The first-order valence-corrected chi connectivity index (χ1v) is 10.8. The number of hydrogen-bond donors (Lipinski definition) is 0. The lowest BCUT2D eigenvalue weighted by Crippen LogP contribution is -2.49. The standard InChI is InChI=1S/C24H31N/c1-2-4-17(5-3-1)16-25-22-6-7-23(25)12-21(11-22)24-13-18-8-19(14-24)10-20(9-18)15-24/h1-5,11,18-20,22-23H,6-10,12-16H2. The molecule has 2 heterocycles. The molecule has 6 aliphatic rings. The van der Waals surface area contributed by atoms with Crippen molar-refractivity contribution in [3.05, 3.63) is 47.5 Å². The van der Waals surface area contributed by atoms with E-state index in [0.717, 1.165) is 36.4 Å². The summed E-state index contributed by atoms with van der Waals surface area (Å²) in [5.41, 5.74) is 4.06. The summed E-state index contributed by atoms with van der Waals surface area (Å²) in [7, 11) is 0. The smallest absolute Gasteiger partial charge is 0.0288 e. The highest BCUT2D eigenvalue weighted by molar-refractivity contribution is 5.28. The Morgan fingerprint density at radius 1 is 0.880 bits per heavy atom. The Balaban J connectivity index is 1.27. The molecule has 1 aromatic rings. The minimum absolute atomic E-state index is 0.647. The third kappa shape index (κ3) is 2.38. The zero-order valence-corrected chi connectivity index (χ0v) is 15.4. The fraction of sp³-hybridized carbons (Fsp3) is 0.667. The van der Waals surface area contributed by atoms with Crippen molar-refractivity contribution in [2.24, 2.45) is 23.2 Å². The quantitative estimate of drug-likeness (QED) is 0.654. The second kappa shape index (κ2) is 5.46. The van der Waals surface area contributed by atoms with Gasteiger partial charge in [0.1, 0.15) is 0 Å². The first kappa shape index (κ1) is 15.0. The summed E-state index contributed by atoms with van der Waals surface area (Å²) in [5.74, 6) is 3.23. The Kier molecular flexibility index (Phi) is 3.28. The SMILES string of the molecule is C1=C(C23CC4CC(CC(C4)C2)C3)CC2CCC1N2Cc1ccccc1. The molecular weight excluding hydrogens is 302 g/mol. The van der Waals surface area contributed by atoms with Gasteiger partial charge in [-0.15, -0.1) is 0 Å². The maximum absolute atomic E-state index is 2.82. The Morgan fingerprint density at radius 2 is 1.56 bits per heavy atom. The van der Waals surface area contributed by atoms with Gasteiger partial charge in [-0.25, -0.2) is 0 Å². The van der Waals surface area contributed by atoms with E-state index in [1.165, 1.54) is 24.8 Å². The van der Waals surface area contributed by atoms with E-state index in [4.69, 9.17) is 0 Å². The Hall–Kier alpha value is -1.08. The van der Waals surface area contributed by atoms with Crippen molar-refractivity contribution >= 4 is 0 Å². The number of hydrogen-bond acceptors (Lipinski definition) is 1. The zero-order chi connectivity index (χ0) is 16.4. The average molecular weight is 334 g/mol. The first-order chi connectivity index (χ1) is 12.3. The minimum atomic E-state index is 0.647. The van der Waals surface area contributed by atoms with Crippen LogP contribution < -0.4 is 0 Å². The fourth-order valence-electron chi connectivity index (χ4n) is 7.86. The van der Waals surface area contributed by atoms with Crippen molar-refractivity contribution in [3.63, 3.8) is 0 Å². The van der Waals surface area contributed by atoms with Crippen LogP contribution in [0.1, 0.15) is 63.4 Å². The second-order valence-corrected chi connectivity index (χ2v) is 10.1. The topological polar surface area (TPSA) is 3.24 Å². The zero-order valence-electron chi connectivity index (χ0n) is 15.4. The van der Waals surface area contributed by atoms with Gasteiger partial charge in [0.15, 0.2) is 0 Å². The van der Waals surface area contributed by atoms with E-state index < -0.39 is 0 Å². The molecule has 0 amide bonds. The minimum Gasteiger partial charge on any atom is -0.289 e. The monoisotopic (exact) mass is 333 g/mol. The molecule has 2 atom stereocenters. The maximum atomic E-state index is 2.82. The molecular formula is C24H31N. The van der Waals surface area contributed by atoms with E-state index in [-0.39, 0.29) is 0 Å². The summed E-state index contributed by atoms with van der Waals surface area (Å²) in [6, 6.07) is 12.7. The Morgan fingerprint density at radius 3 is 2.20 bits per heavy atom. The molecule has 25 heavy (non-hydrogen) atoms. The van der Waals surface area contributed by atoms with E-state index in [0.29, 0.717) is 5.41 Å². The normalized spacial score (nSPS) is 45.0. The van der Waals surface area contributed by atoms with Crippen LogP contribution in [-0.4, -0.2) is 17.0 Å². The van der Waals surface area contributed by atoms with Crippen LogP contribution in [0.25, 0.3) is 0 Å². The molecule has 5 fully saturated rings. The summed E-state index contributed by atoms with van der Waals surface area (Å²) in [5, 5.41) is 0. The van der Waals surface area contributed by atoms with Crippen LogP contribution in [0.3, 0.4) is 0 Å². The van der Waals surface area contributed by atoms with Crippen molar-refractivity contribution in [2.75, 3.05) is 0 Å². The molecule has 1 nitrogen and oxygen atoms in total. The highest BCUT2D eigenvalue weighted by Gasteiger charge is 2.53. The molecule has 1 heteroatoms. The molecule has 0 aromatic heterocycles. The van der Waals surface area contributed by atoms with E-state index in [2.05, 4.69) is 41.3 Å². The number of rotatable bonds is 3. The van der Waals surface area contributed by atoms with Crippen LogP contribution >= 0.6 is 0 Å². The molecule has 0 spiro atoms. The predicted octanol–water partition coefficient (Wildman–Crippen LogP) is 5.57. The number of fused-ring (bicyclic) bond motifs is 2. The number of benzene rings is 1. The highest BCUT2D eigenvalue weighted by Crippen LogP contribution is 2.64. The third-order valence-electron chi connectivity index (χ3n) is 8.47. The van der Waals surface area contributed by atoms with Crippen LogP contribution in [-0.2, 0) is 6.54 Å². The second-order valence-electron chi connectivity index (χ2n) is 10.1. The lowest BCUT2D eigenvalue weighted by molar-refractivity contribution is -0.0354. The van der Waals surface area contributed by atoms with Gasteiger partial charge in [0.25, 0.3) is 0 Å². The van der Waals surface area contributed by atoms with Crippen molar-refractivity contribution in [3.8, 4) is 0 Å². The highest BCUT2D eigenvalue weighted by atomic mass is 15.2. The molecule has 132 valence electrons. The molecule has 0 radical (unpaired) electrons. The van der Waals surface area contributed by atoms with E-state index >= 15 is 0 Å². The predicted molar refractivity (Wildman–Crippen MR) is 102 cm³/mol. The maximum Gasteiger partial charge on any atom is 0.0288 e. The van der Waals surface area contributed by atoms with Gasteiger partial charge >= 0.3 is 0 Å². The van der Waals surface area contributed by atoms with Crippen molar-refractivity contribution in [1.29, 1.82) is 0 Å². The largest absolute Gasteiger partial charge is 0.289 e. The summed E-state index contributed by atoms with van der Waals surface area (Å²) < 4.78 is 0. The summed E-state index contributed by atoms with van der Waals surface area (Å²) in [6.45, 7) is 1.15. The van der Waals surface area contributed by atoms with Crippen LogP contribution in [0, 0.1) is 23.2 Å². The van der Waals surface area contributed by atoms with Crippen molar-refractivity contribution in [1.82, 2.24) is 4.90 Å². The van der Waals surface area contributed by atoms with Gasteiger partial charge in [0.2, 0.25) is 0 Å². The first-order valence-electron chi connectivity index (χ1n) is 10.8. The van der Waals surface area contributed by atoms with Crippen LogP contribution in [0.15, 0.2) is 42.0 Å². The van der Waals surface area contributed by atoms with Gasteiger partial charge in [-0.1, -0.05) is 42.0 Å². The van der Waals surface area contributed by atoms with Crippen LogP contribution in [0.4, 0.5) is 0 Å². The molecule has 7 rings (SSSR count). The molecule has 1 saturated heterocycles. The van der Waals surface area contributed by atoms with E-state index in [1.54, 1.807) is 38.5 Å². The molecule has 6 bridgehead atoms. The lowest BCUT2D eigenvalue weighted by Gasteiger charge is -2.59. The van der Waals surface area contributed by atoms with Gasteiger partial charge in [-0.3, -0.25) is 4.90 Å². The van der Waals surface area contributed by atoms with Gasteiger partial charge < -0.3 is 0 Å². The molecule has 2 aliphatic heterocycles. The van der Waals surface area contributed by atoms with Crippen LogP contribution in [0.2, 0.25) is 0 Å². The molecule has 4 aliphatic carbocycles.